The normalized spacial score (nSPS) is 11.3. The number of carbonyl (C=O) groups is 2. The number of para-hydroxylation sites is 3. The minimum absolute atomic E-state index is 0.200. The predicted molar refractivity (Wildman–Crippen MR) is 122 cm³/mol. The Hall–Kier alpha value is -3.80. The molecule has 0 aliphatic carbocycles. The van der Waals surface area contributed by atoms with Crippen molar-refractivity contribution in [3.8, 4) is 11.5 Å². The van der Waals surface area contributed by atoms with Crippen molar-refractivity contribution in [1.29, 1.82) is 0 Å². The fourth-order valence-electron chi connectivity index (χ4n) is 3.07. The Kier molecular flexibility index (Phi) is 7.27. The molecule has 0 aromatic heterocycles. The van der Waals surface area contributed by atoms with Crippen LogP contribution in [0.2, 0.25) is 0 Å². The number of methoxy groups -OCH3 is 1. The first-order chi connectivity index (χ1) is 15.0. The molecule has 2 N–H and O–H groups in total. The number of amides is 2. The molecule has 160 valence electrons. The summed E-state index contributed by atoms with van der Waals surface area (Å²) in [4.78, 5) is 25.0. The van der Waals surface area contributed by atoms with Crippen LogP contribution in [-0.4, -0.2) is 25.0 Å². The van der Waals surface area contributed by atoms with Crippen molar-refractivity contribution in [2.45, 2.75) is 26.4 Å². The minimum atomic E-state index is -0.735. The SMILES string of the molecule is CCc1ccccc1NC(=O)c1ccc(OC(C)C(=O)Nc2ccccc2OC)cc1. The topological polar surface area (TPSA) is 76.7 Å². The third-order valence-corrected chi connectivity index (χ3v) is 4.81. The van der Waals surface area contributed by atoms with Gasteiger partial charge in [0.15, 0.2) is 6.10 Å². The molecule has 0 aliphatic rings. The fraction of sp³-hybridized carbons (Fsp3) is 0.200. The van der Waals surface area contributed by atoms with Crippen LogP contribution in [0.3, 0.4) is 0 Å². The number of anilines is 2. The smallest absolute Gasteiger partial charge is 0.265 e. The van der Waals surface area contributed by atoms with Crippen molar-refractivity contribution < 1.29 is 19.1 Å². The van der Waals surface area contributed by atoms with Crippen LogP contribution in [0.5, 0.6) is 11.5 Å². The number of carbonyl (C=O) groups excluding carboxylic acids is 2. The predicted octanol–water partition coefficient (Wildman–Crippen LogP) is 4.92. The number of aryl methyl sites for hydroxylation is 1. The molecule has 0 saturated heterocycles. The summed E-state index contributed by atoms with van der Waals surface area (Å²) in [5, 5.41) is 5.73. The Morgan fingerprint density at radius 3 is 2.19 bits per heavy atom. The monoisotopic (exact) mass is 418 g/mol. The van der Waals surface area contributed by atoms with Gasteiger partial charge in [0.2, 0.25) is 0 Å². The number of hydrogen-bond donors (Lipinski definition) is 2. The van der Waals surface area contributed by atoms with E-state index in [4.69, 9.17) is 9.47 Å². The molecular formula is C25H26N2O4. The van der Waals surface area contributed by atoms with Gasteiger partial charge in [-0.15, -0.1) is 0 Å². The molecule has 0 heterocycles. The van der Waals surface area contributed by atoms with Gasteiger partial charge in [0.25, 0.3) is 11.8 Å². The number of hydrogen-bond acceptors (Lipinski definition) is 4. The van der Waals surface area contributed by atoms with E-state index >= 15 is 0 Å². The summed E-state index contributed by atoms with van der Waals surface area (Å²) in [7, 11) is 1.55. The maximum Gasteiger partial charge on any atom is 0.265 e. The van der Waals surface area contributed by atoms with E-state index in [-0.39, 0.29) is 11.8 Å². The summed E-state index contributed by atoms with van der Waals surface area (Å²) in [6.07, 6.45) is 0.0962. The van der Waals surface area contributed by atoms with Gasteiger partial charge in [0.1, 0.15) is 11.5 Å². The average Bonchev–Trinajstić information content (AvgIpc) is 2.80. The molecule has 3 aromatic rings. The van der Waals surface area contributed by atoms with Crippen molar-refractivity contribution in [3.63, 3.8) is 0 Å². The summed E-state index contributed by atoms with van der Waals surface area (Å²) in [6.45, 7) is 3.70. The van der Waals surface area contributed by atoms with Gasteiger partial charge in [0, 0.05) is 11.3 Å². The van der Waals surface area contributed by atoms with Gasteiger partial charge in [-0.05, 0) is 61.4 Å². The number of nitrogens with one attached hydrogen (secondary N) is 2. The van der Waals surface area contributed by atoms with E-state index < -0.39 is 6.10 Å². The van der Waals surface area contributed by atoms with Crippen molar-refractivity contribution in [3.05, 3.63) is 83.9 Å². The van der Waals surface area contributed by atoms with Gasteiger partial charge in [0.05, 0.1) is 12.8 Å². The largest absolute Gasteiger partial charge is 0.495 e. The zero-order chi connectivity index (χ0) is 22.2. The van der Waals surface area contributed by atoms with Crippen molar-refractivity contribution in [1.82, 2.24) is 0 Å². The highest BCUT2D eigenvalue weighted by atomic mass is 16.5. The second-order valence-corrected chi connectivity index (χ2v) is 6.94. The van der Waals surface area contributed by atoms with Gasteiger partial charge < -0.3 is 20.1 Å². The van der Waals surface area contributed by atoms with E-state index in [0.717, 1.165) is 17.7 Å². The molecular weight excluding hydrogens is 392 g/mol. The summed E-state index contributed by atoms with van der Waals surface area (Å²) in [6, 6.07) is 21.6. The highest BCUT2D eigenvalue weighted by molar-refractivity contribution is 6.04. The minimum Gasteiger partial charge on any atom is -0.495 e. The quantitative estimate of drug-likeness (QED) is 0.545. The molecule has 0 saturated carbocycles. The van der Waals surface area contributed by atoms with Crippen LogP contribution in [0.4, 0.5) is 11.4 Å². The molecule has 6 heteroatoms. The van der Waals surface area contributed by atoms with Gasteiger partial charge >= 0.3 is 0 Å². The van der Waals surface area contributed by atoms with E-state index in [1.165, 1.54) is 0 Å². The lowest BCUT2D eigenvalue weighted by Gasteiger charge is -2.16. The molecule has 3 rings (SSSR count). The van der Waals surface area contributed by atoms with E-state index in [1.54, 1.807) is 50.4 Å². The standard InChI is InChI=1S/C25H26N2O4/c1-4-18-9-5-6-10-21(18)26-25(29)19-13-15-20(16-14-19)31-17(2)24(28)27-22-11-7-8-12-23(22)30-3/h5-17H,4H2,1-3H3,(H,26,29)(H,27,28). The van der Waals surface area contributed by atoms with Gasteiger partial charge in [-0.3, -0.25) is 9.59 Å². The fourth-order valence-corrected chi connectivity index (χ4v) is 3.07. The van der Waals surface area contributed by atoms with Gasteiger partial charge in [-0.1, -0.05) is 37.3 Å². The van der Waals surface area contributed by atoms with E-state index in [1.807, 2.05) is 43.3 Å². The third-order valence-electron chi connectivity index (χ3n) is 4.81. The number of rotatable bonds is 8. The molecule has 31 heavy (non-hydrogen) atoms. The number of ether oxygens (including phenoxy) is 2. The zero-order valence-corrected chi connectivity index (χ0v) is 17.8. The molecule has 1 unspecified atom stereocenters. The van der Waals surface area contributed by atoms with Gasteiger partial charge in [-0.2, -0.15) is 0 Å². The summed E-state index contributed by atoms with van der Waals surface area (Å²) >= 11 is 0. The number of benzene rings is 3. The molecule has 6 nitrogen and oxygen atoms in total. The van der Waals surface area contributed by atoms with Crippen molar-refractivity contribution in [2.75, 3.05) is 17.7 Å². The van der Waals surface area contributed by atoms with Crippen LogP contribution >= 0.6 is 0 Å². The second-order valence-electron chi connectivity index (χ2n) is 6.94. The van der Waals surface area contributed by atoms with E-state index in [0.29, 0.717) is 22.7 Å². The maximum atomic E-state index is 12.6. The second kappa shape index (κ2) is 10.3. The molecule has 0 spiro atoms. The van der Waals surface area contributed by atoms with Crippen LogP contribution in [0.25, 0.3) is 0 Å². The highest BCUT2D eigenvalue weighted by Crippen LogP contribution is 2.24. The Bertz CT molecular complexity index is 1050. The van der Waals surface area contributed by atoms with Crippen LogP contribution in [0, 0.1) is 0 Å². The third kappa shape index (κ3) is 5.63. The van der Waals surface area contributed by atoms with Crippen LogP contribution in [0.1, 0.15) is 29.8 Å². The molecule has 2 amide bonds. The Morgan fingerprint density at radius 1 is 0.871 bits per heavy atom. The lowest BCUT2D eigenvalue weighted by Crippen LogP contribution is -2.30. The Morgan fingerprint density at radius 2 is 1.52 bits per heavy atom. The summed E-state index contributed by atoms with van der Waals surface area (Å²) in [5.41, 5.74) is 2.96. The van der Waals surface area contributed by atoms with Crippen molar-refractivity contribution >= 4 is 23.2 Å². The molecule has 0 radical (unpaired) electrons. The van der Waals surface area contributed by atoms with Crippen LogP contribution < -0.4 is 20.1 Å². The highest BCUT2D eigenvalue weighted by Gasteiger charge is 2.17. The first kappa shape index (κ1) is 21.9. The molecule has 0 fully saturated rings. The lowest BCUT2D eigenvalue weighted by atomic mass is 10.1. The lowest BCUT2D eigenvalue weighted by molar-refractivity contribution is -0.122. The van der Waals surface area contributed by atoms with E-state index in [9.17, 15) is 9.59 Å². The average molecular weight is 418 g/mol. The zero-order valence-electron chi connectivity index (χ0n) is 17.8. The van der Waals surface area contributed by atoms with E-state index in [2.05, 4.69) is 10.6 Å². The molecule has 3 aromatic carbocycles. The van der Waals surface area contributed by atoms with Crippen molar-refractivity contribution in [2.24, 2.45) is 0 Å². The molecule has 0 bridgehead atoms. The Balaban J connectivity index is 1.60. The maximum absolute atomic E-state index is 12.6. The summed E-state index contributed by atoms with van der Waals surface area (Å²) < 4.78 is 11.0. The van der Waals surface area contributed by atoms with Crippen LogP contribution in [0.15, 0.2) is 72.8 Å². The Labute approximate surface area is 182 Å². The first-order valence-corrected chi connectivity index (χ1v) is 10.1. The summed E-state index contributed by atoms with van der Waals surface area (Å²) in [5.74, 6) is 0.563. The van der Waals surface area contributed by atoms with Crippen LogP contribution in [-0.2, 0) is 11.2 Å². The molecule has 0 aliphatic heterocycles. The molecule has 1 atom stereocenters. The first-order valence-electron chi connectivity index (χ1n) is 10.1. The van der Waals surface area contributed by atoms with Gasteiger partial charge in [-0.25, -0.2) is 0 Å².